The molecular formula is C28H32BN5O. The summed E-state index contributed by atoms with van der Waals surface area (Å²) in [6.45, 7) is 11.8. The van der Waals surface area contributed by atoms with E-state index in [1.54, 1.807) is 0 Å². The van der Waals surface area contributed by atoms with Crippen LogP contribution in [0.15, 0.2) is 66.3 Å². The fourth-order valence-electron chi connectivity index (χ4n) is 5.22. The van der Waals surface area contributed by atoms with E-state index < -0.39 is 0 Å². The first kappa shape index (κ1) is 23.4. The molecule has 2 saturated heterocycles. The first-order valence-corrected chi connectivity index (χ1v) is 12.6. The number of aromatic nitrogens is 3. The van der Waals surface area contributed by atoms with Crippen molar-refractivity contribution in [2.45, 2.75) is 32.1 Å². The van der Waals surface area contributed by atoms with Crippen LogP contribution in [-0.2, 0) is 0 Å². The molecule has 4 heterocycles. The Balaban J connectivity index is 1.39. The number of pyridine rings is 1. The largest absolute Gasteiger partial charge is 0.416 e. The summed E-state index contributed by atoms with van der Waals surface area (Å²) in [4.78, 5) is 9.29. The molecule has 1 aromatic carbocycles. The fraction of sp³-hybridized carbons (Fsp3) is 0.393. The van der Waals surface area contributed by atoms with Gasteiger partial charge in [-0.15, -0.1) is 23.4 Å². The lowest BCUT2D eigenvalue weighted by Gasteiger charge is -2.34. The summed E-state index contributed by atoms with van der Waals surface area (Å²) in [6.07, 6.45) is 11.6. The summed E-state index contributed by atoms with van der Waals surface area (Å²) < 4.78 is 6.21. The molecule has 1 unspecified atom stereocenters. The van der Waals surface area contributed by atoms with E-state index in [1.807, 2.05) is 48.7 Å². The molecule has 1 atom stereocenters. The lowest BCUT2D eigenvalue weighted by Crippen LogP contribution is -2.35. The van der Waals surface area contributed by atoms with E-state index in [4.69, 9.17) is 12.3 Å². The first-order valence-electron chi connectivity index (χ1n) is 12.6. The van der Waals surface area contributed by atoms with Crippen LogP contribution in [0.1, 0.15) is 32.1 Å². The van der Waals surface area contributed by atoms with Gasteiger partial charge in [0.25, 0.3) is 0 Å². The summed E-state index contributed by atoms with van der Waals surface area (Å²) in [5.41, 5.74) is 3.57. The predicted octanol–water partition coefficient (Wildman–Crippen LogP) is 4.79. The summed E-state index contributed by atoms with van der Waals surface area (Å²) in [5, 5.41) is 8.80. The summed E-state index contributed by atoms with van der Waals surface area (Å²) >= 11 is 0. The number of hydrogen-bond donors (Lipinski definition) is 0. The van der Waals surface area contributed by atoms with Gasteiger partial charge in [0, 0.05) is 43.6 Å². The topological polar surface area (TPSA) is 58.3 Å². The third kappa shape index (κ3) is 5.19. The molecule has 0 bridgehead atoms. The summed E-state index contributed by atoms with van der Waals surface area (Å²) in [6, 6.07) is 9.86. The van der Waals surface area contributed by atoms with Crippen LogP contribution in [0, 0.1) is 11.8 Å². The third-order valence-corrected chi connectivity index (χ3v) is 7.24. The van der Waals surface area contributed by atoms with Crippen LogP contribution in [-0.4, -0.2) is 49.2 Å². The Kier molecular flexibility index (Phi) is 7.02. The van der Waals surface area contributed by atoms with Crippen LogP contribution in [0.4, 0.5) is 11.5 Å². The van der Waals surface area contributed by atoms with Gasteiger partial charge in [0.15, 0.2) is 0 Å². The van der Waals surface area contributed by atoms with E-state index in [2.05, 4.69) is 38.1 Å². The molecule has 5 rings (SSSR count). The predicted molar refractivity (Wildman–Crippen MR) is 143 cm³/mol. The Bertz CT molecular complexity index is 1180. The molecule has 0 N–H and O–H groups in total. The first-order chi connectivity index (χ1) is 17.1. The summed E-state index contributed by atoms with van der Waals surface area (Å²) in [5.74, 6) is 3.13. The van der Waals surface area contributed by atoms with Crippen molar-refractivity contribution in [3.8, 4) is 22.9 Å². The number of allylic oxidation sites excluding steroid dienone is 1. The zero-order chi connectivity index (χ0) is 24.2. The molecule has 2 radical (unpaired) electrons. The quantitative estimate of drug-likeness (QED) is 0.370. The van der Waals surface area contributed by atoms with Gasteiger partial charge in [-0.2, -0.15) is 0 Å². The maximum Gasteiger partial charge on any atom is 0.250 e. The number of rotatable bonds is 7. The van der Waals surface area contributed by atoms with Crippen molar-refractivity contribution in [2.75, 3.05) is 36.0 Å². The molecule has 7 heteroatoms. The maximum absolute atomic E-state index is 6.21. The molecule has 0 spiro atoms. The number of piperidine rings is 2. The van der Waals surface area contributed by atoms with Gasteiger partial charge in [0.05, 0.1) is 5.56 Å². The van der Waals surface area contributed by atoms with Crippen LogP contribution >= 0.6 is 0 Å². The molecule has 35 heavy (non-hydrogen) atoms. The third-order valence-electron chi connectivity index (χ3n) is 7.24. The van der Waals surface area contributed by atoms with E-state index in [-0.39, 0.29) is 0 Å². The van der Waals surface area contributed by atoms with Crippen LogP contribution in [0.25, 0.3) is 22.9 Å². The fourth-order valence-corrected chi connectivity index (χ4v) is 5.22. The zero-order valence-corrected chi connectivity index (χ0v) is 20.3. The molecule has 0 saturated carbocycles. The normalized spacial score (nSPS) is 19.0. The second-order valence-corrected chi connectivity index (χ2v) is 9.63. The van der Waals surface area contributed by atoms with Gasteiger partial charge in [-0.05, 0) is 68.2 Å². The minimum absolute atomic E-state index is 0.494. The highest BCUT2D eigenvalue weighted by molar-refractivity contribution is 6.32. The number of hydrogen-bond acceptors (Lipinski definition) is 6. The van der Waals surface area contributed by atoms with Gasteiger partial charge >= 0.3 is 0 Å². The van der Waals surface area contributed by atoms with Crippen molar-refractivity contribution in [1.29, 1.82) is 0 Å². The number of anilines is 2. The molecule has 2 fully saturated rings. The molecule has 0 amide bonds. The van der Waals surface area contributed by atoms with Crippen molar-refractivity contribution in [3.63, 3.8) is 0 Å². The van der Waals surface area contributed by atoms with Gasteiger partial charge in [0.1, 0.15) is 13.7 Å². The highest BCUT2D eigenvalue weighted by Crippen LogP contribution is 2.34. The summed E-state index contributed by atoms with van der Waals surface area (Å²) in [7, 11) is 6.17. The zero-order valence-electron chi connectivity index (χ0n) is 20.3. The van der Waals surface area contributed by atoms with Gasteiger partial charge in [-0.1, -0.05) is 23.7 Å². The molecule has 2 aliphatic rings. The van der Waals surface area contributed by atoms with Crippen molar-refractivity contribution in [1.82, 2.24) is 15.2 Å². The number of benzene rings is 1. The lowest BCUT2D eigenvalue weighted by atomic mass is 9.90. The minimum Gasteiger partial charge on any atom is -0.416 e. The van der Waals surface area contributed by atoms with Crippen molar-refractivity contribution in [2.24, 2.45) is 11.8 Å². The van der Waals surface area contributed by atoms with Gasteiger partial charge in [0.2, 0.25) is 11.8 Å². The van der Waals surface area contributed by atoms with Crippen LogP contribution in [0.2, 0.25) is 0 Å². The molecule has 2 aliphatic heterocycles. The average Bonchev–Trinajstić information content (AvgIpc) is 3.40. The van der Waals surface area contributed by atoms with Crippen LogP contribution in [0.3, 0.4) is 0 Å². The minimum atomic E-state index is 0.494. The smallest absolute Gasteiger partial charge is 0.250 e. The van der Waals surface area contributed by atoms with Crippen LogP contribution < -0.4 is 15.3 Å². The second-order valence-electron chi connectivity index (χ2n) is 9.63. The van der Waals surface area contributed by atoms with Crippen molar-refractivity contribution in [3.05, 3.63) is 61.8 Å². The molecule has 3 aromatic rings. The second kappa shape index (κ2) is 10.5. The lowest BCUT2D eigenvalue weighted by molar-refractivity contribution is 0.410. The molecule has 6 nitrogen and oxygen atoms in total. The standard InChI is InChI=1S/C28H32BN5O/c1-3-6-21-11-15-33(16-12-21)25-18-23(29)8-9-24(25)28-32-31-27(35-28)22-10-13-30-26(17-22)34-14-5-7-20(4-2)19-34/h3-4,8-10,13,17-18,20-21H,1-2,5-7,11-12,14-16,19H2. The van der Waals surface area contributed by atoms with E-state index in [0.29, 0.717) is 23.6 Å². The van der Waals surface area contributed by atoms with Gasteiger partial charge in [-0.25, -0.2) is 4.98 Å². The Morgan fingerprint density at radius 3 is 2.63 bits per heavy atom. The van der Waals surface area contributed by atoms with Gasteiger partial charge < -0.3 is 14.2 Å². The van der Waals surface area contributed by atoms with E-state index >= 15 is 0 Å². The van der Waals surface area contributed by atoms with E-state index in [0.717, 1.165) is 80.0 Å². The van der Waals surface area contributed by atoms with E-state index in [9.17, 15) is 0 Å². The molecule has 0 aliphatic carbocycles. The SMILES string of the molecule is [B]c1ccc(-c2nnc(-c3ccnc(N4CCCC(C=C)C4)c3)o2)c(N2CCC(CC=C)CC2)c1. The Morgan fingerprint density at radius 1 is 1.00 bits per heavy atom. The average molecular weight is 465 g/mol. The van der Waals surface area contributed by atoms with Crippen molar-refractivity contribution >= 4 is 24.8 Å². The van der Waals surface area contributed by atoms with Crippen molar-refractivity contribution < 1.29 is 4.42 Å². The highest BCUT2D eigenvalue weighted by Gasteiger charge is 2.24. The maximum atomic E-state index is 6.21. The molecule has 2 aromatic heterocycles. The van der Waals surface area contributed by atoms with Crippen LogP contribution in [0.5, 0.6) is 0 Å². The Hall–Kier alpha value is -3.35. The molecular weight excluding hydrogens is 433 g/mol. The molecule has 178 valence electrons. The van der Waals surface area contributed by atoms with Gasteiger partial charge in [-0.3, -0.25) is 0 Å². The van der Waals surface area contributed by atoms with E-state index in [1.165, 1.54) is 6.42 Å². The highest BCUT2D eigenvalue weighted by atomic mass is 16.4. The monoisotopic (exact) mass is 465 g/mol. The Labute approximate surface area is 209 Å². The number of nitrogens with zero attached hydrogens (tertiary/aromatic N) is 5. The Morgan fingerprint density at radius 2 is 1.83 bits per heavy atom.